The number of nitrogens with one attached hydrogen (secondary N) is 1. The molecule has 17 heteroatoms. The molecule has 7 atom stereocenters. The predicted molar refractivity (Wildman–Crippen MR) is 201 cm³/mol. The monoisotopic (exact) mass is 778 g/mol. The average Bonchev–Trinajstić information content (AvgIpc) is 3.49. The van der Waals surface area contributed by atoms with Gasteiger partial charge in [0.25, 0.3) is 15.3 Å². The van der Waals surface area contributed by atoms with Gasteiger partial charge in [0.05, 0.1) is 13.2 Å². The van der Waals surface area contributed by atoms with Crippen LogP contribution in [0.25, 0.3) is 0 Å². The molecule has 1 aliphatic carbocycles. The Morgan fingerprint density at radius 3 is 2.13 bits per heavy atom. The van der Waals surface area contributed by atoms with Gasteiger partial charge in [-0.2, -0.15) is 0 Å². The molecule has 0 radical (unpaired) electrons. The molecule has 17 nitrogen and oxygen atoms in total. The molecule has 55 heavy (non-hydrogen) atoms. The first-order valence-electron chi connectivity index (χ1n) is 19.4. The molecule has 1 aromatic carbocycles. The van der Waals surface area contributed by atoms with Crippen LogP contribution in [0, 0.1) is 54.0 Å². The number of benzene rings is 1. The van der Waals surface area contributed by atoms with Crippen molar-refractivity contribution in [2.45, 2.75) is 123 Å². The van der Waals surface area contributed by atoms with E-state index in [4.69, 9.17) is 19.1 Å². The number of nitrogens with zero attached hydrogens (tertiary/aromatic N) is 3. The second kappa shape index (κ2) is 26.8. The smallest absolute Gasteiger partial charge is 0.434 e. The summed E-state index contributed by atoms with van der Waals surface area (Å²) in [5.41, 5.74) is 1.01. The zero-order valence-corrected chi connectivity index (χ0v) is 32.2. The highest BCUT2D eigenvalue weighted by Gasteiger charge is 2.48. The Balaban J connectivity index is 2.46. The maximum Gasteiger partial charge on any atom is 0.508 e. The molecule has 2 rings (SSSR count). The highest BCUT2D eigenvalue weighted by molar-refractivity contribution is 5.75. The van der Waals surface area contributed by atoms with E-state index in [0.717, 1.165) is 5.56 Å². The summed E-state index contributed by atoms with van der Waals surface area (Å²) >= 11 is 0. The van der Waals surface area contributed by atoms with Gasteiger partial charge in [-0.15, -0.1) is 30.3 Å². The zero-order valence-electron chi connectivity index (χ0n) is 32.2. The van der Waals surface area contributed by atoms with Crippen LogP contribution >= 0.6 is 0 Å². The molecule has 308 valence electrons. The van der Waals surface area contributed by atoms with Gasteiger partial charge in [-0.1, -0.05) is 75.2 Å². The van der Waals surface area contributed by atoms with Crippen LogP contribution in [0.3, 0.4) is 0 Å². The van der Waals surface area contributed by atoms with Crippen molar-refractivity contribution in [3.63, 3.8) is 0 Å². The van der Waals surface area contributed by atoms with E-state index < -0.39 is 45.6 Å². The molecular formula is C38H58N4O13. The number of carbonyl (C=O) groups excluding carboxylic acids is 2. The van der Waals surface area contributed by atoms with Gasteiger partial charge < -0.3 is 29.3 Å². The van der Waals surface area contributed by atoms with E-state index in [1.807, 2.05) is 69.3 Å². The van der Waals surface area contributed by atoms with Crippen LogP contribution in [0.1, 0.15) is 103 Å². The van der Waals surface area contributed by atoms with Crippen LogP contribution in [-0.4, -0.2) is 65.4 Å². The number of hydrogen-bond acceptors (Lipinski definition) is 13. The van der Waals surface area contributed by atoms with Crippen molar-refractivity contribution in [3.8, 4) is 0 Å². The van der Waals surface area contributed by atoms with Crippen LogP contribution in [0.4, 0.5) is 4.79 Å². The predicted octanol–water partition coefficient (Wildman–Crippen LogP) is 7.56. The molecule has 1 N–H and O–H groups in total. The lowest BCUT2D eigenvalue weighted by Gasteiger charge is -2.29. The molecule has 0 aromatic heterocycles. The molecule has 0 saturated heterocycles. The minimum absolute atomic E-state index is 0.0258. The molecule has 1 aromatic rings. The maximum absolute atomic E-state index is 12.8. The number of carbonyl (C=O) groups is 2. The number of aryl methyl sites for hydroxylation is 1. The molecule has 1 fully saturated rings. The molecule has 1 amide bonds. The Kier molecular flexibility index (Phi) is 22.5. The number of hydrogen-bond donors (Lipinski definition) is 1. The van der Waals surface area contributed by atoms with E-state index in [2.05, 4.69) is 10.2 Å². The van der Waals surface area contributed by atoms with Gasteiger partial charge in [0.2, 0.25) is 5.91 Å². The van der Waals surface area contributed by atoms with Gasteiger partial charge in [-0.3, -0.25) is 4.79 Å². The number of ether oxygens (including phenoxy) is 2. The van der Waals surface area contributed by atoms with E-state index >= 15 is 0 Å². The lowest BCUT2D eigenvalue weighted by Crippen LogP contribution is -2.31. The van der Waals surface area contributed by atoms with Crippen molar-refractivity contribution in [3.05, 3.63) is 90.5 Å². The zero-order chi connectivity index (χ0) is 40.4. The Hall–Kier alpha value is -4.96. The van der Waals surface area contributed by atoms with Crippen LogP contribution in [0.2, 0.25) is 0 Å². The van der Waals surface area contributed by atoms with E-state index in [9.17, 15) is 39.9 Å². The molecular weight excluding hydrogens is 720 g/mol. The van der Waals surface area contributed by atoms with E-state index in [0.29, 0.717) is 90.0 Å². The topological polar surface area (TPSA) is 222 Å². The van der Waals surface area contributed by atoms with Crippen molar-refractivity contribution >= 4 is 12.1 Å². The van der Waals surface area contributed by atoms with Crippen molar-refractivity contribution in [1.29, 1.82) is 0 Å². The van der Waals surface area contributed by atoms with E-state index in [-0.39, 0.29) is 36.9 Å². The minimum atomic E-state index is -0.922. The fraction of sp³-hybridized carbons (Fsp3) is 0.684. The summed E-state index contributed by atoms with van der Waals surface area (Å²) in [6.45, 7) is 6.06. The van der Waals surface area contributed by atoms with Gasteiger partial charge >= 0.3 is 6.16 Å². The van der Waals surface area contributed by atoms with Crippen LogP contribution < -0.4 is 5.32 Å². The molecule has 0 aliphatic heterocycles. The standard InChI is InChI=1S/C38H58N4O13/c1-4-16-35(54-41(47)48)33-28-34(36(17-5-2)55-42(49)50)32(31(33)20-12-7-8-13-21-37(43)39-6-3)25-24-30(23-22-29-18-10-9-11-19-29)53-38(44)51-26-14-15-27-52-40(45)46/h7,9-12,18-19,24-25,30-36H,4-6,8,13-17,20-23,26-28H2,1-3H3,(H,39,43)/b12-7-,25-24+/t30-,31+,32+,33-,34+,35?,36?/m0/s1. The third-order valence-electron chi connectivity index (χ3n) is 9.66. The maximum atomic E-state index is 12.8. The third-order valence-corrected chi connectivity index (χ3v) is 9.66. The third kappa shape index (κ3) is 18.8. The second-order valence-electron chi connectivity index (χ2n) is 13.6. The van der Waals surface area contributed by atoms with Gasteiger partial charge in [0, 0.05) is 13.0 Å². The van der Waals surface area contributed by atoms with Gasteiger partial charge in [0.15, 0.2) is 0 Å². The van der Waals surface area contributed by atoms with Crippen LogP contribution in [0.5, 0.6) is 0 Å². The van der Waals surface area contributed by atoms with Crippen LogP contribution in [-0.2, 0) is 35.2 Å². The highest BCUT2D eigenvalue weighted by atomic mass is 17.0. The first-order chi connectivity index (χ1) is 26.5. The SMILES string of the molecule is CCCC(O[N+](=O)[O-])[C@H]1C[C@@H](C(CCC)O[N+](=O)[O-])[C@H](/C=C/[C@H](CCc2ccccc2)OC(=O)OCCCCO[N+](=O)[O-])[C@H]1C/C=C\CCCC(=O)NCC. The number of amides is 1. The molecule has 0 bridgehead atoms. The average molecular weight is 779 g/mol. The summed E-state index contributed by atoms with van der Waals surface area (Å²) in [5.74, 6) is -1.43. The van der Waals surface area contributed by atoms with Gasteiger partial charge in [-0.25, -0.2) is 4.79 Å². The fourth-order valence-electron chi connectivity index (χ4n) is 7.27. The van der Waals surface area contributed by atoms with Crippen molar-refractivity contribution in [2.75, 3.05) is 19.8 Å². The van der Waals surface area contributed by atoms with Gasteiger partial charge in [-0.05, 0) is 106 Å². The number of allylic oxidation sites excluding steroid dienone is 3. The van der Waals surface area contributed by atoms with Gasteiger partial charge in [0.1, 0.15) is 18.3 Å². The number of unbranched alkanes of at least 4 members (excludes halogenated alkanes) is 2. The summed E-state index contributed by atoms with van der Waals surface area (Å²) < 4.78 is 11.0. The fourth-order valence-corrected chi connectivity index (χ4v) is 7.27. The summed E-state index contributed by atoms with van der Waals surface area (Å²) in [6, 6.07) is 9.62. The van der Waals surface area contributed by atoms with Crippen molar-refractivity contribution < 1.29 is 48.8 Å². The van der Waals surface area contributed by atoms with Crippen molar-refractivity contribution in [2.24, 2.45) is 23.7 Å². The molecule has 1 aliphatic rings. The Labute approximate surface area is 322 Å². The molecule has 0 heterocycles. The first kappa shape index (κ1) is 46.2. The first-order valence-corrected chi connectivity index (χ1v) is 19.4. The summed E-state index contributed by atoms with van der Waals surface area (Å²) in [7, 11) is 0. The molecule has 2 unspecified atom stereocenters. The Bertz CT molecular complexity index is 1360. The normalized spacial score (nSPS) is 19.7. The number of rotatable bonds is 29. The summed E-state index contributed by atoms with van der Waals surface area (Å²) in [5, 5.41) is 34.1. The lowest BCUT2D eigenvalue weighted by molar-refractivity contribution is -0.772. The molecule has 1 saturated carbocycles. The Morgan fingerprint density at radius 1 is 0.855 bits per heavy atom. The largest absolute Gasteiger partial charge is 0.508 e. The van der Waals surface area contributed by atoms with Crippen molar-refractivity contribution in [1.82, 2.24) is 5.32 Å². The summed E-state index contributed by atoms with van der Waals surface area (Å²) in [6.07, 6.45) is 10.5. The molecule has 0 spiro atoms. The van der Waals surface area contributed by atoms with E-state index in [1.54, 1.807) is 6.08 Å². The lowest BCUT2D eigenvalue weighted by atomic mass is 9.79. The second-order valence-corrected chi connectivity index (χ2v) is 13.6. The quantitative estimate of drug-likeness (QED) is 0.0273. The Morgan fingerprint density at radius 2 is 1.51 bits per heavy atom. The minimum Gasteiger partial charge on any atom is -0.434 e. The van der Waals surface area contributed by atoms with Crippen LogP contribution in [0.15, 0.2) is 54.6 Å². The van der Waals surface area contributed by atoms with E-state index in [1.165, 1.54) is 0 Å². The summed E-state index contributed by atoms with van der Waals surface area (Å²) in [4.78, 5) is 73.4. The highest BCUT2D eigenvalue weighted by Crippen LogP contribution is 2.50.